The first-order chi connectivity index (χ1) is 10.8. The topological polar surface area (TPSA) is 105 Å². The van der Waals surface area contributed by atoms with Gasteiger partial charge in [-0.25, -0.2) is 13.1 Å². The van der Waals surface area contributed by atoms with Crippen molar-refractivity contribution in [3.63, 3.8) is 0 Å². The number of carbonyl (C=O) groups is 1. The third kappa shape index (κ3) is 3.82. The number of benzene rings is 1. The van der Waals surface area contributed by atoms with E-state index >= 15 is 0 Å². The predicted octanol–water partition coefficient (Wildman–Crippen LogP) is 1.30. The van der Waals surface area contributed by atoms with Gasteiger partial charge in [0, 0.05) is 12.3 Å². The summed E-state index contributed by atoms with van der Waals surface area (Å²) in [7, 11) is -2.55. The van der Waals surface area contributed by atoms with E-state index < -0.39 is 10.0 Å². The van der Waals surface area contributed by atoms with Crippen molar-refractivity contribution in [2.75, 3.05) is 19.0 Å². The molecule has 0 aliphatic carbocycles. The maximum atomic E-state index is 12.4. The zero-order valence-corrected chi connectivity index (χ0v) is 14.2. The molecule has 23 heavy (non-hydrogen) atoms. The van der Waals surface area contributed by atoms with Crippen LogP contribution in [0.1, 0.15) is 20.3 Å². The number of nitrogens with one attached hydrogen (secondary N) is 2. The Balaban J connectivity index is 2.21. The van der Waals surface area contributed by atoms with Gasteiger partial charge in [-0.15, -0.1) is 0 Å². The van der Waals surface area contributed by atoms with E-state index in [1.165, 1.54) is 25.2 Å². The van der Waals surface area contributed by atoms with E-state index in [-0.39, 0.29) is 34.5 Å². The highest BCUT2D eigenvalue weighted by atomic mass is 32.2. The highest BCUT2D eigenvalue weighted by molar-refractivity contribution is 7.89. The molecule has 1 aromatic carbocycles. The lowest BCUT2D eigenvalue weighted by Gasteiger charge is -2.21. The number of sulfonamides is 1. The minimum atomic E-state index is -3.81. The number of hydrogen-bond donors (Lipinski definition) is 3. The van der Waals surface area contributed by atoms with Crippen LogP contribution >= 0.6 is 0 Å². The van der Waals surface area contributed by atoms with Gasteiger partial charge in [0.2, 0.25) is 15.9 Å². The van der Waals surface area contributed by atoms with Crippen LogP contribution in [0.5, 0.6) is 5.75 Å². The SMILES string of the molecule is CNS(=O)(=O)c1cc(NC(=O)[C@H]2CCO[C@@H]2C(C)C)ccc1O. The van der Waals surface area contributed by atoms with E-state index in [0.717, 1.165) is 0 Å². The highest BCUT2D eigenvalue weighted by Gasteiger charge is 2.36. The summed E-state index contributed by atoms with van der Waals surface area (Å²) in [5, 5.41) is 12.4. The number of anilines is 1. The van der Waals surface area contributed by atoms with Crippen LogP contribution in [0.25, 0.3) is 0 Å². The Labute approximate surface area is 136 Å². The minimum Gasteiger partial charge on any atom is -0.507 e. The van der Waals surface area contributed by atoms with Crippen LogP contribution in [0.4, 0.5) is 5.69 Å². The van der Waals surface area contributed by atoms with Gasteiger partial charge in [0.25, 0.3) is 0 Å². The highest BCUT2D eigenvalue weighted by Crippen LogP contribution is 2.30. The average molecular weight is 342 g/mol. The van der Waals surface area contributed by atoms with Crippen LogP contribution in [-0.4, -0.2) is 39.2 Å². The Hall–Kier alpha value is -1.64. The van der Waals surface area contributed by atoms with Gasteiger partial charge in [-0.3, -0.25) is 4.79 Å². The molecular weight excluding hydrogens is 320 g/mol. The van der Waals surface area contributed by atoms with E-state index in [9.17, 15) is 18.3 Å². The molecule has 0 spiro atoms. The molecule has 3 N–H and O–H groups in total. The monoisotopic (exact) mass is 342 g/mol. The lowest BCUT2D eigenvalue weighted by Crippen LogP contribution is -2.32. The van der Waals surface area contributed by atoms with Crippen molar-refractivity contribution >= 4 is 21.6 Å². The molecule has 0 bridgehead atoms. The standard InChI is InChI=1S/C15H22N2O5S/c1-9(2)14-11(6-7-22-14)15(19)17-10-4-5-12(18)13(8-10)23(20,21)16-3/h4-5,8-9,11,14,16,18H,6-7H2,1-3H3,(H,17,19)/t11-,14+/m0/s1. The fraction of sp³-hybridized carbons (Fsp3) is 0.533. The first-order valence-electron chi connectivity index (χ1n) is 7.45. The van der Waals surface area contributed by atoms with Crippen molar-refractivity contribution in [1.29, 1.82) is 0 Å². The van der Waals surface area contributed by atoms with Gasteiger partial charge in [0.05, 0.1) is 12.0 Å². The minimum absolute atomic E-state index is 0.146. The molecule has 1 aromatic rings. The Bertz CT molecular complexity index is 687. The van der Waals surface area contributed by atoms with Gasteiger partial charge in [-0.2, -0.15) is 0 Å². The second kappa shape index (κ2) is 6.86. The van der Waals surface area contributed by atoms with Crippen LogP contribution in [-0.2, 0) is 19.6 Å². The number of phenols is 1. The van der Waals surface area contributed by atoms with E-state index in [1.54, 1.807) is 0 Å². The fourth-order valence-electron chi connectivity index (χ4n) is 2.70. The third-order valence-corrected chi connectivity index (χ3v) is 5.36. The molecule has 1 aliphatic heterocycles. The van der Waals surface area contributed by atoms with Crippen molar-refractivity contribution in [2.24, 2.45) is 11.8 Å². The molecule has 128 valence electrons. The number of phenolic OH excluding ortho intramolecular Hbond substituents is 1. The molecule has 0 unspecified atom stereocenters. The zero-order valence-electron chi connectivity index (χ0n) is 13.4. The quantitative estimate of drug-likeness (QED) is 0.700. The summed E-state index contributed by atoms with van der Waals surface area (Å²) in [6.45, 7) is 4.53. The largest absolute Gasteiger partial charge is 0.507 e. The van der Waals surface area contributed by atoms with Gasteiger partial charge in [-0.05, 0) is 37.6 Å². The first-order valence-corrected chi connectivity index (χ1v) is 8.93. The normalized spacial score (nSPS) is 21.6. The maximum absolute atomic E-state index is 12.4. The van der Waals surface area contributed by atoms with Crippen LogP contribution < -0.4 is 10.0 Å². The van der Waals surface area contributed by atoms with Crippen molar-refractivity contribution in [3.05, 3.63) is 18.2 Å². The molecular formula is C15H22N2O5S. The molecule has 0 aromatic heterocycles. The summed E-state index contributed by atoms with van der Waals surface area (Å²) in [4.78, 5) is 12.1. The van der Waals surface area contributed by atoms with Crippen LogP contribution in [0.2, 0.25) is 0 Å². The van der Waals surface area contributed by atoms with Crippen LogP contribution in [0.15, 0.2) is 23.1 Å². The van der Waals surface area contributed by atoms with Gasteiger partial charge in [0.15, 0.2) is 0 Å². The molecule has 1 saturated heterocycles. The summed E-state index contributed by atoms with van der Waals surface area (Å²) < 4.78 is 31.4. The Morgan fingerprint density at radius 1 is 1.39 bits per heavy atom. The van der Waals surface area contributed by atoms with Crippen molar-refractivity contribution in [2.45, 2.75) is 31.3 Å². The molecule has 7 nitrogen and oxygen atoms in total. The lowest BCUT2D eigenvalue weighted by atomic mass is 9.92. The fourth-order valence-corrected chi connectivity index (χ4v) is 3.55. The molecule has 0 radical (unpaired) electrons. The number of amides is 1. The first kappa shape index (κ1) is 17.7. The smallest absolute Gasteiger partial charge is 0.244 e. The maximum Gasteiger partial charge on any atom is 0.244 e. The second-order valence-electron chi connectivity index (χ2n) is 5.85. The molecule has 0 saturated carbocycles. The van der Waals surface area contributed by atoms with Gasteiger partial charge >= 0.3 is 0 Å². The number of rotatable bonds is 5. The molecule has 1 heterocycles. The van der Waals surface area contributed by atoms with E-state index in [0.29, 0.717) is 18.7 Å². The van der Waals surface area contributed by atoms with Crippen molar-refractivity contribution < 1.29 is 23.1 Å². The summed E-state index contributed by atoms with van der Waals surface area (Å²) >= 11 is 0. The molecule has 1 aliphatic rings. The molecule has 2 atom stereocenters. The van der Waals surface area contributed by atoms with Crippen molar-refractivity contribution in [1.82, 2.24) is 4.72 Å². The second-order valence-corrected chi connectivity index (χ2v) is 7.71. The van der Waals surface area contributed by atoms with E-state index in [4.69, 9.17) is 4.74 Å². The molecule has 8 heteroatoms. The van der Waals surface area contributed by atoms with E-state index in [1.807, 2.05) is 13.8 Å². The predicted molar refractivity (Wildman–Crippen MR) is 85.7 cm³/mol. The van der Waals surface area contributed by atoms with Gasteiger partial charge in [0.1, 0.15) is 10.6 Å². The lowest BCUT2D eigenvalue weighted by molar-refractivity contribution is -0.122. The summed E-state index contributed by atoms with van der Waals surface area (Å²) in [6.07, 6.45) is 0.488. The summed E-state index contributed by atoms with van der Waals surface area (Å²) in [5.41, 5.74) is 0.316. The van der Waals surface area contributed by atoms with Crippen LogP contribution in [0, 0.1) is 11.8 Å². The van der Waals surface area contributed by atoms with Gasteiger partial charge in [-0.1, -0.05) is 13.8 Å². The third-order valence-electron chi connectivity index (χ3n) is 3.92. The zero-order chi connectivity index (χ0) is 17.2. The summed E-state index contributed by atoms with van der Waals surface area (Å²) in [5.74, 6) is -0.636. The van der Waals surface area contributed by atoms with E-state index in [2.05, 4.69) is 10.0 Å². The number of aromatic hydroxyl groups is 1. The molecule has 1 amide bonds. The average Bonchev–Trinajstić information content (AvgIpc) is 2.99. The Morgan fingerprint density at radius 3 is 2.70 bits per heavy atom. The van der Waals surface area contributed by atoms with Crippen LogP contribution in [0.3, 0.4) is 0 Å². The Kier molecular flexibility index (Phi) is 5.28. The molecule has 1 fully saturated rings. The Morgan fingerprint density at radius 2 is 2.09 bits per heavy atom. The number of carbonyl (C=O) groups excluding carboxylic acids is 1. The van der Waals surface area contributed by atoms with Crippen molar-refractivity contribution in [3.8, 4) is 5.75 Å². The number of ether oxygens (including phenoxy) is 1. The number of hydrogen-bond acceptors (Lipinski definition) is 5. The molecule has 2 rings (SSSR count). The van der Waals surface area contributed by atoms with Gasteiger partial charge < -0.3 is 15.2 Å². The summed E-state index contributed by atoms with van der Waals surface area (Å²) in [6, 6.07) is 3.94.